The normalized spacial score (nSPS) is 14.0. The maximum absolute atomic E-state index is 8.89. The number of rotatable bonds is 4. The highest BCUT2D eigenvalue weighted by atomic mass is 16.6. The molecule has 0 aromatic heterocycles. The fourth-order valence-corrected chi connectivity index (χ4v) is 1.17. The zero-order valence-electron chi connectivity index (χ0n) is 9.69. The summed E-state index contributed by atoms with van der Waals surface area (Å²) in [4.78, 5) is 8.04. The summed E-state index contributed by atoms with van der Waals surface area (Å²) in [6.45, 7) is 2.79. The van der Waals surface area contributed by atoms with Gasteiger partial charge in [-0.15, -0.1) is 0 Å². The molecule has 0 amide bonds. The van der Waals surface area contributed by atoms with Crippen molar-refractivity contribution < 1.29 is 9.84 Å². The van der Waals surface area contributed by atoms with Crippen molar-refractivity contribution in [2.24, 2.45) is 4.99 Å². The van der Waals surface area contributed by atoms with E-state index < -0.39 is 6.29 Å². The zero-order valence-corrected chi connectivity index (χ0v) is 9.69. The molecule has 0 aliphatic heterocycles. The molecule has 1 atom stereocenters. The van der Waals surface area contributed by atoms with E-state index in [0.29, 0.717) is 13.2 Å². The van der Waals surface area contributed by atoms with E-state index in [1.165, 1.54) is 0 Å². The van der Waals surface area contributed by atoms with Gasteiger partial charge < -0.3 is 19.6 Å². The molecule has 0 rings (SSSR count). The molecule has 0 aromatic carbocycles. The first kappa shape index (κ1) is 13.2. The number of aliphatic hydroxyl groups is 1. The van der Waals surface area contributed by atoms with Crippen molar-refractivity contribution in [3.05, 3.63) is 0 Å². The number of nitrogens with zero attached hydrogens (tertiary/aromatic N) is 3. The first-order valence-electron chi connectivity index (χ1n) is 4.64. The summed E-state index contributed by atoms with van der Waals surface area (Å²) in [5.74, 6) is 0.888. The van der Waals surface area contributed by atoms with Crippen LogP contribution in [0, 0.1) is 0 Å². The molecule has 5 nitrogen and oxygen atoms in total. The molecule has 0 aromatic rings. The van der Waals surface area contributed by atoms with E-state index in [4.69, 9.17) is 9.84 Å². The number of hydrogen-bond donors (Lipinski definition) is 1. The van der Waals surface area contributed by atoms with Gasteiger partial charge in [0.2, 0.25) is 0 Å². The van der Waals surface area contributed by atoms with Crippen molar-refractivity contribution in [1.82, 2.24) is 9.80 Å². The highest BCUT2D eigenvalue weighted by Gasteiger charge is 2.07. The van der Waals surface area contributed by atoms with Crippen molar-refractivity contribution in [2.45, 2.75) is 13.2 Å². The lowest BCUT2D eigenvalue weighted by Crippen LogP contribution is -2.39. The van der Waals surface area contributed by atoms with Crippen LogP contribution in [-0.4, -0.2) is 68.5 Å². The van der Waals surface area contributed by atoms with E-state index in [0.717, 1.165) is 5.96 Å². The molecular formula is C9H21N3O2. The van der Waals surface area contributed by atoms with Crippen LogP contribution in [0.15, 0.2) is 4.99 Å². The molecule has 1 N–H and O–H groups in total. The van der Waals surface area contributed by atoms with Gasteiger partial charge in [0.15, 0.2) is 12.2 Å². The van der Waals surface area contributed by atoms with Crippen LogP contribution >= 0.6 is 0 Å². The molecule has 0 heterocycles. The highest BCUT2D eigenvalue weighted by molar-refractivity contribution is 5.79. The van der Waals surface area contributed by atoms with Gasteiger partial charge in [-0.1, -0.05) is 0 Å². The maximum Gasteiger partial charge on any atom is 0.195 e. The fraction of sp³-hybridized carbons (Fsp3) is 0.889. The van der Waals surface area contributed by atoms with Crippen molar-refractivity contribution in [3.8, 4) is 0 Å². The van der Waals surface area contributed by atoms with Crippen LogP contribution in [0.1, 0.15) is 6.92 Å². The molecule has 0 radical (unpaired) electrons. The average molecular weight is 203 g/mol. The Kier molecular flexibility index (Phi) is 6.23. The number of ether oxygens (including phenoxy) is 1. The topological polar surface area (TPSA) is 48.3 Å². The Morgan fingerprint density at radius 1 is 1.43 bits per heavy atom. The van der Waals surface area contributed by atoms with Crippen molar-refractivity contribution in [2.75, 3.05) is 41.3 Å². The highest BCUT2D eigenvalue weighted by Crippen LogP contribution is 1.92. The van der Waals surface area contributed by atoms with E-state index in [1.54, 1.807) is 14.0 Å². The average Bonchev–Trinajstić information content (AvgIpc) is 2.03. The Balaban J connectivity index is 3.88. The van der Waals surface area contributed by atoms with Gasteiger partial charge in [0.1, 0.15) is 0 Å². The molecule has 0 aliphatic rings. The summed E-state index contributed by atoms with van der Waals surface area (Å²) in [5.41, 5.74) is 0. The molecule has 0 aliphatic carbocycles. The number of aliphatic imine (C=N–C) groups is 1. The van der Waals surface area contributed by atoms with Gasteiger partial charge in [0.05, 0.1) is 6.61 Å². The molecule has 5 heteroatoms. The quantitative estimate of drug-likeness (QED) is 0.391. The standard InChI is InChI=1S/C9H21N3O2/c1-8(13)14-7-6-12(5)9(10-2)11(3)4/h8,13H,6-7H2,1-5H3/b10-9+. The van der Waals surface area contributed by atoms with E-state index in [2.05, 4.69) is 4.99 Å². The zero-order chi connectivity index (χ0) is 11.1. The van der Waals surface area contributed by atoms with Gasteiger partial charge in [-0.25, -0.2) is 0 Å². The second-order valence-corrected chi connectivity index (χ2v) is 3.31. The SMILES string of the molecule is C/N=C(\N(C)C)N(C)CCOC(C)O. The molecule has 84 valence electrons. The Bertz CT molecular complexity index is 181. The minimum atomic E-state index is -0.704. The Morgan fingerprint density at radius 2 is 2.00 bits per heavy atom. The van der Waals surface area contributed by atoms with E-state index in [9.17, 15) is 0 Å². The van der Waals surface area contributed by atoms with E-state index >= 15 is 0 Å². The van der Waals surface area contributed by atoms with Crippen LogP contribution in [0.2, 0.25) is 0 Å². The van der Waals surface area contributed by atoms with Crippen LogP contribution in [0.3, 0.4) is 0 Å². The van der Waals surface area contributed by atoms with Crippen molar-refractivity contribution in [1.29, 1.82) is 0 Å². The second-order valence-electron chi connectivity index (χ2n) is 3.31. The van der Waals surface area contributed by atoms with Gasteiger partial charge in [-0.05, 0) is 6.92 Å². The third-order valence-corrected chi connectivity index (χ3v) is 1.73. The van der Waals surface area contributed by atoms with Gasteiger partial charge in [-0.2, -0.15) is 0 Å². The number of guanidine groups is 1. The van der Waals surface area contributed by atoms with Gasteiger partial charge in [0, 0.05) is 34.7 Å². The predicted octanol–water partition coefficient (Wildman–Crippen LogP) is -0.179. The Morgan fingerprint density at radius 3 is 2.36 bits per heavy atom. The second kappa shape index (κ2) is 6.62. The lowest BCUT2D eigenvalue weighted by atomic mass is 10.5. The fourth-order valence-electron chi connectivity index (χ4n) is 1.17. The third kappa shape index (κ3) is 5.04. The molecule has 0 spiro atoms. The summed E-state index contributed by atoms with van der Waals surface area (Å²) in [6.07, 6.45) is -0.704. The Labute approximate surface area is 86.0 Å². The maximum atomic E-state index is 8.89. The summed E-state index contributed by atoms with van der Waals surface area (Å²) in [7, 11) is 7.57. The minimum Gasteiger partial charge on any atom is -0.368 e. The van der Waals surface area contributed by atoms with E-state index in [1.807, 2.05) is 30.9 Å². The van der Waals surface area contributed by atoms with Crippen LogP contribution < -0.4 is 0 Å². The monoisotopic (exact) mass is 203 g/mol. The molecular weight excluding hydrogens is 182 g/mol. The van der Waals surface area contributed by atoms with Crippen molar-refractivity contribution >= 4 is 5.96 Å². The summed E-state index contributed by atoms with van der Waals surface area (Å²) in [6, 6.07) is 0. The molecule has 0 saturated heterocycles. The Hall–Kier alpha value is -0.810. The number of aliphatic hydroxyl groups excluding tert-OH is 1. The molecule has 0 saturated carbocycles. The van der Waals surface area contributed by atoms with Crippen LogP contribution in [0.25, 0.3) is 0 Å². The smallest absolute Gasteiger partial charge is 0.195 e. The summed E-state index contributed by atoms with van der Waals surface area (Å²) < 4.78 is 5.03. The lowest BCUT2D eigenvalue weighted by Gasteiger charge is -2.26. The number of hydrogen-bond acceptors (Lipinski definition) is 3. The van der Waals surface area contributed by atoms with Crippen LogP contribution in [0.5, 0.6) is 0 Å². The first-order valence-corrected chi connectivity index (χ1v) is 4.64. The van der Waals surface area contributed by atoms with Gasteiger partial charge in [0.25, 0.3) is 0 Å². The molecule has 1 unspecified atom stereocenters. The number of likely N-dealkylation sites (N-methyl/N-ethyl adjacent to an activating group) is 1. The van der Waals surface area contributed by atoms with Crippen LogP contribution in [-0.2, 0) is 4.74 Å². The third-order valence-electron chi connectivity index (χ3n) is 1.73. The van der Waals surface area contributed by atoms with Gasteiger partial charge >= 0.3 is 0 Å². The van der Waals surface area contributed by atoms with Crippen molar-refractivity contribution in [3.63, 3.8) is 0 Å². The van der Waals surface area contributed by atoms with Gasteiger partial charge in [-0.3, -0.25) is 4.99 Å². The summed E-state index contributed by atoms with van der Waals surface area (Å²) >= 11 is 0. The molecule has 0 bridgehead atoms. The van der Waals surface area contributed by atoms with Crippen LogP contribution in [0.4, 0.5) is 0 Å². The van der Waals surface area contributed by atoms with E-state index in [-0.39, 0.29) is 0 Å². The summed E-state index contributed by atoms with van der Waals surface area (Å²) in [5, 5.41) is 8.89. The lowest BCUT2D eigenvalue weighted by molar-refractivity contribution is -0.0864. The largest absolute Gasteiger partial charge is 0.368 e. The predicted molar refractivity (Wildman–Crippen MR) is 57.3 cm³/mol. The molecule has 14 heavy (non-hydrogen) atoms. The molecule has 0 fully saturated rings. The first-order chi connectivity index (χ1) is 6.49. The minimum absolute atomic E-state index is 0.487.